The van der Waals surface area contributed by atoms with E-state index >= 15 is 0 Å². The van der Waals surface area contributed by atoms with E-state index in [0.717, 1.165) is 6.42 Å². The molecular weight excluding hydrogens is 409 g/mol. The number of amides is 1. The van der Waals surface area contributed by atoms with Gasteiger partial charge in [0.05, 0.1) is 16.4 Å². The molecule has 2 aromatic rings. The molecule has 0 saturated heterocycles. The number of halogens is 2. The fraction of sp³-hybridized carbons (Fsp3) is 0.222. The number of anilines is 2. The van der Waals surface area contributed by atoms with Crippen molar-refractivity contribution in [1.82, 2.24) is 0 Å². The third-order valence-electron chi connectivity index (χ3n) is 4.06. The Kier molecular flexibility index (Phi) is 5.46. The lowest BCUT2D eigenvalue weighted by Gasteiger charge is -2.29. The van der Waals surface area contributed by atoms with Crippen molar-refractivity contribution in [3.63, 3.8) is 0 Å². The van der Waals surface area contributed by atoms with Crippen LogP contribution in [-0.2, 0) is 10.0 Å². The van der Waals surface area contributed by atoms with Gasteiger partial charge in [-0.05, 0) is 49.7 Å². The van der Waals surface area contributed by atoms with Gasteiger partial charge in [-0.1, -0.05) is 30.1 Å². The summed E-state index contributed by atoms with van der Waals surface area (Å²) in [6, 6.07) is 9.22. The molecule has 0 aromatic heterocycles. The Hall–Kier alpha value is -2.09. The van der Waals surface area contributed by atoms with E-state index in [0.29, 0.717) is 33.8 Å². The average molecular weight is 426 g/mol. The molecule has 1 heterocycles. The Morgan fingerprint density at radius 2 is 1.93 bits per heavy atom. The van der Waals surface area contributed by atoms with Crippen molar-refractivity contribution in [1.29, 1.82) is 0 Å². The van der Waals surface area contributed by atoms with Gasteiger partial charge in [0.1, 0.15) is 10.7 Å². The van der Waals surface area contributed by atoms with E-state index in [9.17, 15) is 13.2 Å². The van der Waals surface area contributed by atoms with Crippen LogP contribution in [0, 0.1) is 0 Å². The van der Waals surface area contributed by atoms with Gasteiger partial charge in [0, 0.05) is 17.1 Å². The van der Waals surface area contributed by atoms with E-state index in [1.54, 1.807) is 31.2 Å². The van der Waals surface area contributed by atoms with Crippen LogP contribution in [0.2, 0.25) is 10.0 Å². The van der Waals surface area contributed by atoms with Crippen LogP contribution in [0.15, 0.2) is 45.7 Å². The third kappa shape index (κ3) is 3.95. The normalized spacial score (nSPS) is 15.1. The minimum absolute atomic E-state index is 0.00592. The van der Waals surface area contributed by atoms with Gasteiger partial charge < -0.3 is 10.2 Å². The molecule has 2 aromatic carbocycles. The molecule has 1 N–H and O–H groups in total. The van der Waals surface area contributed by atoms with Crippen LogP contribution in [0.1, 0.15) is 30.6 Å². The smallest absolute Gasteiger partial charge is 0.286 e. The highest BCUT2D eigenvalue weighted by Gasteiger charge is 2.29. The first kappa shape index (κ1) is 19.7. The molecular formula is C18H17Cl2N3O3S. The van der Waals surface area contributed by atoms with Gasteiger partial charge in [0.2, 0.25) is 0 Å². The molecule has 142 valence electrons. The molecule has 1 aliphatic rings. The van der Waals surface area contributed by atoms with Crippen molar-refractivity contribution in [3.8, 4) is 0 Å². The Morgan fingerprint density at radius 3 is 2.63 bits per heavy atom. The van der Waals surface area contributed by atoms with Crippen molar-refractivity contribution in [2.75, 3.05) is 16.8 Å². The van der Waals surface area contributed by atoms with E-state index in [4.69, 9.17) is 23.2 Å². The van der Waals surface area contributed by atoms with Crippen molar-refractivity contribution in [2.24, 2.45) is 4.40 Å². The Balaban J connectivity index is 1.99. The highest BCUT2D eigenvalue weighted by molar-refractivity contribution is 7.90. The number of fused-ring (bicyclic) bond motifs is 1. The van der Waals surface area contributed by atoms with Crippen LogP contribution in [0.3, 0.4) is 0 Å². The second-order valence-electron chi connectivity index (χ2n) is 6.03. The van der Waals surface area contributed by atoms with Crippen LogP contribution in [0.25, 0.3) is 0 Å². The van der Waals surface area contributed by atoms with Gasteiger partial charge in [0.15, 0.2) is 0 Å². The molecule has 0 aliphatic carbocycles. The summed E-state index contributed by atoms with van der Waals surface area (Å²) in [5, 5.41) is 3.39. The van der Waals surface area contributed by atoms with Crippen molar-refractivity contribution < 1.29 is 13.2 Å². The molecule has 0 spiro atoms. The highest BCUT2D eigenvalue weighted by atomic mass is 35.5. The maximum Gasteiger partial charge on any atom is 0.286 e. The molecule has 27 heavy (non-hydrogen) atoms. The molecule has 0 unspecified atom stereocenters. The molecule has 0 radical (unpaired) electrons. The molecule has 1 aliphatic heterocycles. The number of nitrogens with one attached hydrogen (secondary N) is 1. The van der Waals surface area contributed by atoms with Gasteiger partial charge in [-0.15, -0.1) is 4.40 Å². The largest absolute Gasteiger partial charge is 0.328 e. The van der Waals surface area contributed by atoms with Gasteiger partial charge in [-0.3, -0.25) is 4.79 Å². The van der Waals surface area contributed by atoms with E-state index in [1.807, 2.05) is 11.8 Å². The fourth-order valence-electron chi connectivity index (χ4n) is 2.83. The van der Waals surface area contributed by atoms with Crippen LogP contribution < -0.4 is 10.2 Å². The second-order valence-corrected chi connectivity index (χ2v) is 8.44. The maximum atomic E-state index is 12.6. The number of sulfonamides is 1. The van der Waals surface area contributed by atoms with Crippen molar-refractivity contribution >= 4 is 56.3 Å². The molecule has 3 rings (SSSR count). The first-order chi connectivity index (χ1) is 12.7. The number of rotatable bonds is 4. The van der Waals surface area contributed by atoms with E-state index in [1.165, 1.54) is 12.1 Å². The summed E-state index contributed by atoms with van der Waals surface area (Å²) in [4.78, 5) is 14.4. The molecule has 0 bridgehead atoms. The Morgan fingerprint density at radius 1 is 1.19 bits per heavy atom. The molecule has 0 atom stereocenters. The number of nitrogens with zero attached hydrogens (tertiary/aromatic N) is 2. The first-order valence-electron chi connectivity index (χ1n) is 8.22. The maximum absolute atomic E-state index is 12.6. The Bertz CT molecular complexity index is 1050. The van der Waals surface area contributed by atoms with E-state index in [-0.39, 0.29) is 10.5 Å². The zero-order chi connectivity index (χ0) is 19.8. The standard InChI is InChI=1S/C18H17Cl2N3O3S/c1-3-8-23-11(2)22-27(25,26)17-9-12(4-7-16(17)23)18(24)21-15-10-13(19)5-6-14(15)20/h4-7,9-10H,3,8H2,1-2H3,(H,21,24). The van der Waals surface area contributed by atoms with Gasteiger partial charge in [-0.25, -0.2) is 0 Å². The van der Waals surface area contributed by atoms with Crippen molar-refractivity contribution in [2.45, 2.75) is 25.2 Å². The third-order valence-corrected chi connectivity index (χ3v) is 6.01. The highest BCUT2D eigenvalue weighted by Crippen LogP contribution is 2.33. The van der Waals surface area contributed by atoms with Crippen LogP contribution in [-0.4, -0.2) is 26.7 Å². The molecule has 6 nitrogen and oxygen atoms in total. The van der Waals surface area contributed by atoms with Gasteiger partial charge in [0.25, 0.3) is 15.9 Å². The number of carbonyl (C=O) groups excluding carboxylic acids is 1. The molecule has 0 saturated carbocycles. The van der Waals surface area contributed by atoms with Gasteiger partial charge >= 0.3 is 0 Å². The number of carbonyl (C=O) groups is 1. The van der Waals surface area contributed by atoms with Crippen LogP contribution in [0.4, 0.5) is 11.4 Å². The lowest BCUT2D eigenvalue weighted by atomic mass is 10.1. The zero-order valence-corrected chi connectivity index (χ0v) is 17.0. The monoisotopic (exact) mass is 425 g/mol. The van der Waals surface area contributed by atoms with Gasteiger partial charge in [-0.2, -0.15) is 8.42 Å². The summed E-state index contributed by atoms with van der Waals surface area (Å²) in [5.41, 5.74) is 1.04. The predicted molar refractivity (Wildman–Crippen MR) is 109 cm³/mol. The molecule has 0 fully saturated rings. The zero-order valence-electron chi connectivity index (χ0n) is 14.7. The summed E-state index contributed by atoms with van der Waals surface area (Å²) in [5.74, 6) is -0.0854. The summed E-state index contributed by atoms with van der Waals surface area (Å²) in [6.45, 7) is 4.27. The number of hydrogen-bond donors (Lipinski definition) is 1. The predicted octanol–water partition coefficient (Wildman–Crippen LogP) is 4.58. The first-order valence-corrected chi connectivity index (χ1v) is 10.4. The quantitative estimate of drug-likeness (QED) is 0.776. The number of benzene rings is 2. The number of amidine groups is 1. The van der Waals surface area contributed by atoms with Crippen LogP contribution >= 0.6 is 23.2 Å². The lowest BCUT2D eigenvalue weighted by molar-refractivity contribution is 0.102. The van der Waals surface area contributed by atoms with E-state index in [2.05, 4.69) is 9.71 Å². The summed E-state index contributed by atoms with van der Waals surface area (Å²) in [6.07, 6.45) is 0.821. The topological polar surface area (TPSA) is 78.8 Å². The minimum atomic E-state index is -3.87. The Labute approximate surface area is 167 Å². The number of hydrogen-bond acceptors (Lipinski definition) is 4. The summed E-state index contributed by atoms with van der Waals surface area (Å²) >= 11 is 12.0. The average Bonchev–Trinajstić information content (AvgIpc) is 2.61. The molecule has 9 heteroatoms. The van der Waals surface area contributed by atoms with Crippen LogP contribution in [0.5, 0.6) is 0 Å². The second kappa shape index (κ2) is 7.50. The SMILES string of the molecule is CCCN1C(C)=NS(=O)(=O)c2cc(C(=O)Nc3cc(Cl)ccc3Cl)ccc21. The minimum Gasteiger partial charge on any atom is -0.328 e. The fourth-order valence-corrected chi connectivity index (χ4v) is 4.43. The summed E-state index contributed by atoms with van der Waals surface area (Å²) in [7, 11) is -3.87. The van der Waals surface area contributed by atoms with Crippen molar-refractivity contribution in [3.05, 3.63) is 52.0 Å². The lowest BCUT2D eigenvalue weighted by Crippen LogP contribution is -2.34. The summed E-state index contributed by atoms with van der Waals surface area (Å²) < 4.78 is 28.8. The molecule has 1 amide bonds. The van der Waals surface area contributed by atoms with E-state index < -0.39 is 15.9 Å².